The lowest BCUT2D eigenvalue weighted by atomic mass is 9.98. The van der Waals surface area contributed by atoms with Crippen LogP contribution >= 0.6 is 11.3 Å². The van der Waals surface area contributed by atoms with Gasteiger partial charge < -0.3 is 4.57 Å². The first-order valence-corrected chi connectivity index (χ1v) is 23.2. The highest BCUT2D eigenvalue weighted by Gasteiger charge is 2.22. The Kier molecular flexibility index (Phi) is 8.12. The molecule has 0 spiro atoms. The van der Waals surface area contributed by atoms with Gasteiger partial charge in [-0.1, -0.05) is 164 Å². The molecule has 0 radical (unpaired) electrons. The van der Waals surface area contributed by atoms with Crippen LogP contribution in [0.15, 0.2) is 218 Å². The minimum atomic E-state index is 0.616. The third-order valence-corrected chi connectivity index (χ3v) is 14.6. The van der Waals surface area contributed by atoms with Crippen molar-refractivity contribution in [3.8, 4) is 51.0 Å². The third kappa shape index (κ3) is 5.74. The summed E-state index contributed by atoms with van der Waals surface area (Å²) < 4.78 is 5.03. The Balaban J connectivity index is 1.08. The monoisotopic (exact) mass is 856 g/mol. The summed E-state index contributed by atoms with van der Waals surface area (Å²) in [5.74, 6) is 1.89. The van der Waals surface area contributed by atoms with Crippen LogP contribution < -0.4 is 0 Å². The fourth-order valence-corrected chi connectivity index (χ4v) is 11.4. The van der Waals surface area contributed by atoms with Crippen LogP contribution in [0.25, 0.3) is 136 Å². The molecule has 306 valence electrons. The van der Waals surface area contributed by atoms with E-state index in [0.29, 0.717) is 17.5 Å². The summed E-state index contributed by atoms with van der Waals surface area (Å²) in [5, 5.41) is 14.4. The van der Waals surface area contributed by atoms with Crippen LogP contribution in [0.5, 0.6) is 0 Å². The first-order chi connectivity index (χ1) is 32.7. The average Bonchev–Trinajstić information content (AvgIpc) is 3.92. The number of rotatable bonds is 5. The molecule has 14 rings (SSSR count). The van der Waals surface area contributed by atoms with E-state index in [0.717, 1.165) is 66.1 Å². The molecule has 5 heteroatoms. The predicted molar refractivity (Wildman–Crippen MR) is 279 cm³/mol. The SMILES string of the molecule is c1ccc2cc3c(cc2c1)c1c2ccccc2ccc1n3-c1ccc(-c2nc(-c3cccc4ccccc34)nc(-c3cccc4ccccc34)n2)cc1-c1ccc2sc3ccccc3c2c1. The van der Waals surface area contributed by atoms with E-state index in [9.17, 15) is 0 Å². The smallest absolute Gasteiger partial charge is 0.164 e. The van der Waals surface area contributed by atoms with Gasteiger partial charge in [0.25, 0.3) is 0 Å². The standard InChI is InChI=1S/C61H36N4S/c1-2-17-41-36-55-52(33-40(41)16-1)58-46-22-8-5-15-39(46)27-31-54(58)65(55)53-30-28-43(35-50(53)42-29-32-57-51(34-42)47-23-9-10-26-56(47)66-57)59-62-60(48-24-11-18-37-13-3-6-20-44(37)48)64-61(63-59)49-25-12-19-38-14-4-7-21-45(38)49/h1-36H. The van der Waals surface area contributed by atoms with E-state index >= 15 is 0 Å². The van der Waals surface area contributed by atoms with Gasteiger partial charge in [-0.3, -0.25) is 0 Å². The molecule has 0 unspecified atom stereocenters. The second-order valence-electron chi connectivity index (χ2n) is 17.1. The Hall–Kier alpha value is -8.51. The van der Waals surface area contributed by atoms with E-state index in [1.165, 1.54) is 52.5 Å². The average molecular weight is 857 g/mol. The first-order valence-electron chi connectivity index (χ1n) is 22.3. The highest BCUT2D eigenvalue weighted by molar-refractivity contribution is 7.25. The largest absolute Gasteiger partial charge is 0.309 e. The van der Waals surface area contributed by atoms with Crippen LogP contribution in [0.1, 0.15) is 0 Å². The van der Waals surface area contributed by atoms with Crippen molar-refractivity contribution >= 4 is 96.4 Å². The predicted octanol–water partition coefficient (Wildman–Crippen LogP) is 16.6. The maximum absolute atomic E-state index is 5.38. The molecule has 4 nitrogen and oxygen atoms in total. The molecule has 0 aliphatic rings. The van der Waals surface area contributed by atoms with Gasteiger partial charge >= 0.3 is 0 Å². The number of fused-ring (bicyclic) bond motifs is 11. The molecular formula is C61H36N4S. The van der Waals surface area contributed by atoms with Crippen molar-refractivity contribution < 1.29 is 0 Å². The molecule has 0 saturated heterocycles. The quantitative estimate of drug-likeness (QED) is 0.173. The van der Waals surface area contributed by atoms with Gasteiger partial charge in [-0.2, -0.15) is 0 Å². The number of nitrogens with zero attached hydrogens (tertiary/aromatic N) is 4. The Labute approximate surface area is 383 Å². The first kappa shape index (κ1) is 36.9. The molecule has 3 aromatic heterocycles. The number of hydrogen-bond donors (Lipinski definition) is 0. The lowest BCUT2D eigenvalue weighted by molar-refractivity contribution is 1.08. The molecule has 0 amide bonds. The lowest BCUT2D eigenvalue weighted by Crippen LogP contribution is -2.02. The van der Waals surface area contributed by atoms with Gasteiger partial charge in [0.1, 0.15) is 0 Å². The van der Waals surface area contributed by atoms with Crippen molar-refractivity contribution in [2.45, 2.75) is 0 Å². The maximum atomic E-state index is 5.38. The Morgan fingerprint density at radius 3 is 1.56 bits per heavy atom. The lowest BCUT2D eigenvalue weighted by Gasteiger charge is -2.17. The van der Waals surface area contributed by atoms with E-state index in [1.807, 2.05) is 11.3 Å². The van der Waals surface area contributed by atoms with Crippen molar-refractivity contribution in [3.63, 3.8) is 0 Å². The van der Waals surface area contributed by atoms with Gasteiger partial charge in [-0.05, 0) is 103 Å². The van der Waals surface area contributed by atoms with Crippen LogP contribution in [0, 0.1) is 0 Å². The van der Waals surface area contributed by atoms with Crippen molar-refractivity contribution in [2.24, 2.45) is 0 Å². The van der Waals surface area contributed by atoms with E-state index in [4.69, 9.17) is 15.0 Å². The molecule has 0 atom stereocenters. The molecule has 3 heterocycles. The summed E-state index contributed by atoms with van der Waals surface area (Å²) >= 11 is 1.84. The topological polar surface area (TPSA) is 43.6 Å². The molecule has 11 aromatic carbocycles. The maximum Gasteiger partial charge on any atom is 0.164 e. The molecule has 0 saturated carbocycles. The number of hydrogen-bond acceptors (Lipinski definition) is 4. The highest BCUT2D eigenvalue weighted by atomic mass is 32.1. The molecule has 0 aliphatic heterocycles. The van der Waals surface area contributed by atoms with E-state index in [2.05, 4.69) is 223 Å². The van der Waals surface area contributed by atoms with Crippen LogP contribution in [0.2, 0.25) is 0 Å². The van der Waals surface area contributed by atoms with Crippen molar-refractivity contribution in [1.82, 2.24) is 19.5 Å². The minimum absolute atomic E-state index is 0.616. The zero-order valence-electron chi connectivity index (χ0n) is 35.5. The van der Waals surface area contributed by atoms with E-state index in [1.54, 1.807) is 0 Å². The van der Waals surface area contributed by atoms with E-state index < -0.39 is 0 Å². The molecule has 66 heavy (non-hydrogen) atoms. The molecule has 0 N–H and O–H groups in total. The number of thiophene rings is 1. The van der Waals surface area contributed by atoms with Gasteiger partial charge in [-0.25, -0.2) is 15.0 Å². The highest BCUT2D eigenvalue weighted by Crippen LogP contribution is 2.44. The molecular weight excluding hydrogens is 821 g/mol. The van der Waals surface area contributed by atoms with Gasteiger partial charge in [0, 0.05) is 53.2 Å². The second kappa shape index (κ2) is 14.5. The summed E-state index contributed by atoms with van der Waals surface area (Å²) in [7, 11) is 0. The number of aromatic nitrogens is 4. The molecule has 14 aromatic rings. The molecule has 0 aliphatic carbocycles. The minimum Gasteiger partial charge on any atom is -0.309 e. The fourth-order valence-electron chi connectivity index (χ4n) is 10.3. The summed E-state index contributed by atoms with van der Waals surface area (Å²) in [6, 6.07) is 78.9. The summed E-state index contributed by atoms with van der Waals surface area (Å²) in [6.45, 7) is 0. The number of benzene rings is 11. The summed E-state index contributed by atoms with van der Waals surface area (Å²) in [5.41, 5.74) is 8.45. The van der Waals surface area contributed by atoms with E-state index in [-0.39, 0.29) is 0 Å². The second-order valence-corrected chi connectivity index (χ2v) is 18.2. The van der Waals surface area contributed by atoms with Gasteiger partial charge in [0.15, 0.2) is 17.5 Å². The van der Waals surface area contributed by atoms with Crippen molar-refractivity contribution in [3.05, 3.63) is 218 Å². The Morgan fingerprint density at radius 1 is 0.303 bits per heavy atom. The normalized spacial score (nSPS) is 11.9. The molecule has 0 fully saturated rings. The van der Waals surface area contributed by atoms with Crippen LogP contribution in [0.3, 0.4) is 0 Å². The Morgan fingerprint density at radius 2 is 0.848 bits per heavy atom. The fraction of sp³-hybridized carbons (Fsp3) is 0. The Bertz CT molecular complexity index is 4200. The van der Waals surface area contributed by atoms with Crippen LogP contribution in [-0.4, -0.2) is 19.5 Å². The van der Waals surface area contributed by atoms with Gasteiger partial charge in [-0.15, -0.1) is 11.3 Å². The van der Waals surface area contributed by atoms with Gasteiger partial charge in [0.2, 0.25) is 0 Å². The van der Waals surface area contributed by atoms with Gasteiger partial charge in [0.05, 0.1) is 16.7 Å². The zero-order valence-corrected chi connectivity index (χ0v) is 36.3. The van der Waals surface area contributed by atoms with Crippen LogP contribution in [0.4, 0.5) is 0 Å². The zero-order chi connectivity index (χ0) is 43.3. The third-order valence-electron chi connectivity index (χ3n) is 13.4. The summed E-state index contributed by atoms with van der Waals surface area (Å²) in [6.07, 6.45) is 0. The van der Waals surface area contributed by atoms with Crippen LogP contribution in [-0.2, 0) is 0 Å². The molecule has 0 bridgehead atoms. The van der Waals surface area contributed by atoms with Crippen molar-refractivity contribution in [1.29, 1.82) is 0 Å². The summed E-state index contributed by atoms with van der Waals surface area (Å²) in [4.78, 5) is 16.0. The van der Waals surface area contributed by atoms with Crippen molar-refractivity contribution in [2.75, 3.05) is 0 Å².